The highest BCUT2D eigenvalue weighted by molar-refractivity contribution is 14.0. The number of aliphatic hydroxyl groups is 1. The fraction of sp³-hybridized carbons (Fsp3) is 0.667. The Morgan fingerprint density at radius 2 is 1.75 bits per heavy atom. The number of anilines is 1. The van der Waals surface area contributed by atoms with Gasteiger partial charge in [-0.2, -0.15) is 0 Å². The summed E-state index contributed by atoms with van der Waals surface area (Å²) in [5, 5.41) is 16.3. The molecule has 1 aliphatic carbocycles. The molecule has 1 heterocycles. The maximum absolute atomic E-state index is 12.7. The number of aliphatic hydroxyl groups excluding tert-OH is 1. The van der Waals surface area contributed by atoms with Crippen LogP contribution in [0.1, 0.15) is 45.4 Å². The normalized spacial score (nSPS) is 18.6. The predicted molar refractivity (Wildman–Crippen MR) is 142 cm³/mol. The lowest BCUT2D eigenvalue weighted by atomic mass is 9.72. The van der Waals surface area contributed by atoms with Gasteiger partial charge >= 0.3 is 0 Å². The topological polar surface area (TPSA) is 80.2 Å². The Balaban J connectivity index is 0.00000363. The first-order valence-corrected chi connectivity index (χ1v) is 11.9. The zero-order chi connectivity index (χ0) is 21.9. The number of para-hydroxylation sites is 1. The summed E-state index contributed by atoms with van der Waals surface area (Å²) in [4.78, 5) is 21.5. The SMILES string of the molecule is CCNC(=NCC(=O)N1CCN(c2ccccc2)CC1)NCC1(CCO)CCCCC1.I. The first-order chi connectivity index (χ1) is 15.2. The van der Waals surface area contributed by atoms with Crippen LogP contribution in [-0.4, -0.2) is 74.3 Å². The Morgan fingerprint density at radius 1 is 1.06 bits per heavy atom. The van der Waals surface area contributed by atoms with E-state index in [1.165, 1.54) is 24.9 Å². The molecule has 2 fully saturated rings. The summed E-state index contributed by atoms with van der Waals surface area (Å²) in [6, 6.07) is 10.4. The molecule has 3 N–H and O–H groups in total. The molecule has 2 aliphatic rings. The standard InChI is InChI=1S/C24H39N5O2.HI/c1-2-25-23(27-20-24(13-18-30)11-7-4-8-12-24)26-19-22(31)29-16-14-28(15-17-29)21-9-5-3-6-10-21;/h3,5-6,9-10,30H,2,4,7-8,11-20H2,1H3,(H2,25,26,27);1H. The van der Waals surface area contributed by atoms with E-state index >= 15 is 0 Å². The Bertz CT molecular complexity index is 696. The van der Waals surface area contributed by atoms with Crippen molar-refractivity contribution in [1.29, 1.82) is 0 Å². The number of aliphatic imine (C=N–C) groups is 1. The molecular formula is C24H40IN5O2. The molecule has 1 aromatic carbocycles. The van der Waals surface area contributed by atoms with Gasteiger partial charge in [-0.1, -0.05) is 37.5 Å². The van der Waals surface area contributed by atoms with Crippen LogP contribution in [0.5, 0.6) is 0 Å². The summed E-state index contributed by atoms with van der Waals surface area (Å²) < 4.78 is 0. The van der Waals surface area contributed by atoms with Crippen molar-refractivity contribution in [2.45, 2.75) is 45.4 Å². The molecule has 1 saturated heterocycles. The first kappa shape index (κ1) is 26.7. The molecule has 1 aromatic rings. The minimum Gasteiger partial charge on any atom is -0.396 e. The highest BCUT2D eigenvalue weighted by Crippen LogP contribution is 2.38. The van der Waals surface area contributed by atoms with Crippen LogP contribution >= 0.6 is 24.0 Å². The zero-order valence-electron chi connectivity index (χ0n) is 19.4. The van der Waals surface area contributed by atoms with Gasteiger partial charge in [-0.25, -0.2) is 4.99 Å². The maximum Gasteiger partial charge on any atom is 0.244 e. The number of carbonyl (C=O) groups excluding carboxylic acids is 1. The van der Waals surface area contributed by atoms with Gasteiger partial charge in [0.25, 0.3) is 0 Å². The van der Waals surface area contributed by atoms with Crippen LogP contribution in [0.2, 0.25) is 0 Å². The number of carbonyl (C=O) groups is 1. The Hall–Kier alpha value is -1.55. The van der Waals surface area contributed by atoms with E-state index in [4.69, 9.17) is 0 Å². The molecule has 0 bridgehead atoms. The highest BCUT2D eigenvalue weighted by Gasteiger charge is 2.31. The van der Waals surface area contributed by atoms with E-state index in [9.17, 15) is 9.90 Å². The molecule has 1 saturated carbocycles. The van der Waals surface area contributed by atoms with Gasteiger partial charge in [-0.15, -0.1) is 24.0 Å². The molecular weight excluding hydrogens is 517 g/mol. The van der Waals surface area contributed by atoms with Gasteiger partial charge in [-0.05, 0) is 43.7 Å². The van der Waals surface area contributed by atoms with E-state index in [0.717, 1.165) is 58.5 Å². The molecule has 7 nitrogen and oxygen atoms in total. The van der Waals surface area contributed by atoms with E-state index < -0.39 is 0 Å². The van der Waals surface area contributed by atoms with Gasteiger partial charge in [0.1, 0.15) is 6.54 Å². The molecule has 180 valence electrons. The van der Waals surface area contributed by atoms with Crippen molar-refractivity contribution < 1.29 is 9.90 Å². The van der Waals surface area contributed by atoms with Gasteiger partial charge in [0.05, 0.1) is 0 Å². The highest BCUT2D eigenvalue weighted by atomic mass is 127. The number of amides is 1. The average Bonchev–Trinajstić information content (AvgIpc) is 2.82. The van der Waals surface area contributed by atoms with Gasteiger partial charge in [-0.3, -0.25) is 4.79 Å². The van der Waals surface area contributed by atoms with Crippen LogP contribution in [0.25, 0.3) is 0 Å². The van der Waals surface area contributed by atoms with E-state index in [1.54, 1.807) is 0 Å². The molecule has 0 unspecified atom stereocenters. The number of hydrogen-bond acceptors (Lipinski definition) is 4. The third kappa shape index (κ3) is 7.79. The smallest absolute Gasteiger partial charge is 0.244 e. The number of nitrogens with one attached hydrogen (secondary N) is 2. The number of halogens is 1. The number of guanidine groups is 1. The summed E-state index contributed by atoms with van der Waals surface area (Å²) >= 11 is 0. The molecule has 32 heavy (non-hydrogen) atoms. The molecule has 0 aromatic heterocycles. The zero-order valence-corrected chi connectivity index (χ0v) is 21.7. The molecule has 3 rings (SSSR count). The van der Waals surface area contributed by atoms with Crippen LogP contribution in [0.3, 0.4) is 0 Å². The second kappa shape index (κ2) is 13.9. The van der Waals surface area contributed by atoms with Crippen LogP contribution in [0, 0.1) is 5.41 Å². The quantitative estimate of drug-likeness (QED) is 0.260. The lowest BCUT2D eigenvalue weighted by Crippen LogP contribution is -2.50. The van der Waals surface area contributed by atoms with Crippen LogP contribution in [0.15, 0.2) is 35.3 Å². The molecule has 0 spiro atoms. The molecule has 0 radical (unpaired) electrons. The van der Waals surface area contributed by atoms with Crippen LogP contribution in [0.4, 0.5) is 5.69 Å². The average molecular weight is 558 g/mol. The second-order valence-electron chi connectivity index (χ2n) is 8.79. The monoisotopic (exact) mass is 557 g/mol. The summed E-state index contributed by atoms with van der Waals surface area (Å²) in [5.41, 5.74) is 1.35. The third-order valence-corrected chi connectivity index (χ3v) is 6.66. The minimum absolute atomic E-state index is 0. The van der Waals surface area contributed by atoms with Crippen LogP contribution in [-0.2, 0) is 4.79 Å². The number of nitrogens with zero attached hydrogens (tertiary/aromatic N) is 3. The molecule has 0 atom stereocenters. The van der Waals surface area contributed by atoms with Crippen molar-refractivity contribution in [2.24, 2.45) is 10.4 Å². The predicted octanol–water partition coefficient (Wildman–Crippen LogP) is 2.84. The summed E-state index contributed by atoms with van der Waals surface area (Å²) in [5.74, 6) is 0.773. The second-order valence-corrected chi connectivity index (χ2v) is 8.79. The lowest BCUT2D eigenvalue weighted by molar-refractivity contribution is -0.129. The van der Waals surface area contributed by atoms with Crippen molar-refractivity contribution in [3.05, 3.63) is 30.3 Å². The maximum atomic E-state index is 12.7. The van der Waals surface area contributed by atoms with E-state index in [0.29, 0.717) is 5.96 Å². The Labute approximate surface area is 210 Å². The number of piperazine rings is 1. The fourth-order valence-electron chi connectivity index (χ4n) is 4.77. The van der Waals surface area contributed by atoms with Gasteiger partial charge < -0.3 is 25.5 Å². The van der Waals surface area contributed by atoms with E-state index in [1.807, 2.05) is 17.9 Å². The van der Waals surface area contributed by atoms with Crippen molar-refractivity contribution in [3.63, 3.8) is 0 Å². The van der Waals surface area contributed by atoms with Crippen molar-refractivity contribution in [1.82, 2.24) is 15.5 Å². The Morgan fingerprint density at radius 3 is 2.38 bits per heavy atom. The lowest BCUT2D eigenvalue weighted by Gasteiger charge is -2.37. The number of benzene rings is 1. The van der Waals surface area contributed by atoms with Crippen molar-refractivity contribution in [2.75, 3.05) is 57.3 Å². The minimum atomic E-state index is 0. The van der Waals surface area contributed by atoms with Gasteiger partial charge in [0.2, 0.25) is 5.91 Å². The largest absolute Gasteiger partial charge is 0.396 e. The number of rotatable bonds is 8. The number of hydrogen-bond donors (Lipinski definition) is 3. The van der Waals surface area contributed by atoms with E-state index in [-0.39, 0.29) is 48.5 Å². The van der Waals surface area contributed by atoms with Crippen molar-refractivity contribution in [3.8, 4) is 0 Å². The molecule has 1 amide bonds. The van der Waals surface area contributed by atoms with Gasteiger partial charge in [0.15, 0.2) is 5.96 Å². The van der Waals surface area contributed by atoms with Crippen LogP contribution < -0.4 is 15.5 Å². The molecule has 1 aliphatic heterocycles. The summed E-state index contributed by atoms with van der Waals surface area (Å²) in [6.07, 6.45) is 6.85. The first-order valence-electron chi connectivity index (χ1n) is 11.9. The summed E-state index contributed by atoms with van der Waals surface area (Å²) in [7, 11) is 0. The molecule has 8 heteroatoms. The van der Waals surface area contributed by atoms with E-state index in [2.05, 4.69) is 44.8 Å². The van der Waals surface area contributed by atoms with Gasteiger partial charge in [0, 0.05) is 51.6 Å². The Kier molecular flexibility index (Phi) is 11.6. The fourth-order valence-corrected chi connectivity index (χ4v) is 4.77. The third-order valence-electron chi connectivity index (χ3n) is 6.66. The summed E-state index contributed by atoms with van der Waals surface area (Å²) in [6.45, 7) is 7.12. The van der Waals surface area contributed by atoms with Crippen molar-refractivity contribution >= 4 is 41.5 Å².